The van der Waals surface area contributed by atoms with Gasteiger partial charge in [-0.25, -0.2) is 4.98 Å². The molecule has 10 aromatic carbocycles. The minimum atomic E-state index is -0.542. The van der Waals surface area contributed by atoms with Crippen LogP contribution >= 0.6 is 0 Å². The van der Waals surface area contributed by atoms with Gasteiger partial charge in [-0.15, -0.1) is 11.0 Å². The van der Waals surface area contributed by atoms with Gasteiger partial charge in [-0.2, -0.15) is 0 Å². The molecule has 5 heterocycles. The number of fused-ring (bicyclic) bond motifs is 24. The third kappa shape index (κ3) is 6.11. The Morgan fingerprint density at radius 1 is 0.362 bits per heavy atom. The van der Waals surface area contributed by atoms with Crippen molar-refractivity contribution in [1.82, 2.24) is 24.9 Å². The van der Waals surface area contributed by atoms with Crippen molar-refractivity contribution in [2.45, 2.75) is 0 Å². The van der Waals surface area contributed by atoms with Gasteiger partial charge in [0.05, 0.1) is 36.6 Å². The summed E-state index contributed by atoms with van der Waals surface area (Å²) in [4.78, 5) is 27.2. The maximum absolute atomic E-state index is 9.61. The van der Waals surface area contributed by atoms with Gasteiger partial charge in [-0.05, 0) is 147 Å². The molecule has 0 aliphatic carbocycles. The second kappa shape index (κ2) is 15.3. The van der Waals surface area contributed by atoms with Gasteiger partial charge in [0.25, 0.3) is 0 Å². The summed E-state index contributed by atoms with van der Waals surface area (Å²) in [6.45, 7) is 0. The van der Waals surface area contributed by atoms with Crippen LogP contribution in [-0.2, 0) is 21.1 Å². The van der Waals surface area contributed by atoms with E-state index in [2.05, 4.69) is 0 Å². The number of rotatable bonds is 2. The van der Waals surface area contributed by atoms with Gasteiger partial charge >= 0.3 is 21.1 Å². The molecule has 3 aromatic heterocycles. The Balaban J connectivity index is 0.00000564. The molecule has 0 atom stereocenters. The quantitative estimate of drug-likeness (QED) is 0.173. The average Bonchev–Trinajstić information content (AvgIpc) is 4.22. The van der Waals surface area contributed by atoms with E-state index in [0.29, 0.717) is 66.2 Å². The normalized spacial score (nSPS) is 14.0. The molecule has 2 aliphatic rings. The van der Waals surface area contributed by atoms with Gasteiger partial charge in [0.15, 0.2) is 0 Å². The van der Waals surface area contributed by atoms with Crippen LogP contribution in [0.1, 0.15) is 13.7 Å². The molecular formula is C63H35N5Pt. The number of aromatic nitrogens is 5. The standard InChI is InChI=1S/C63H35N5.Pt/c1-3-15-36(16-4-1)56-58-48-29-40-21-9-7-19-38(40)27-46(48)54(64-58)35-55-47-28-39-20-8-10-22-41(39)30-49(47)59(65-55)57(37-17-5-2-6-18-37)61-51-32-43-24-12-14-26-45(43)34-53(51)63(67-61)68-62-52-33-44-25-13-11-23-42(44)31-50(52)60(56)66-62;/h1-35H;/q-2;+2/i1D,2D,3D,4D,5D,6D,15D,16D,17D,18D;. The molecule has 0 radical (unpaired) electrons. The zero-order chi connectivity index (χ0) is 53.2. The van der Waals surface area contributed by atoms with Gasteiger partial charge in [0, 0.05) is 27.8 Å². The molecule has 8 bridgehead atoms. The molecule has 2 aliphatic heterocycles. The topological polar surface area (TPSA) is 66.9 Å². The molecule has 0 unspecified atom stereocenters. The Hall–Kier alpha value is -8.50. The SMILES string of the molecule is [2H]c1c([2H])c([2H])c(-c2c3nc(nc4[n-]c(c(-c5c([2H])c([2H])c([2H])c([2H])c5[2H])c5nc(cc6[n-]c2c2cc7ccccc7cc62)-c2cc6ccccc6cc2-5)c2cc5ccccc5cc42)-c2cc4ccccc4cc2-3)c([2H])c1[2H].[Pt+2]. The number of hydrogen-bond acceptors (Lipinski definition) is 3. The van der Waals surface area contributed by atoms with Crippen molar-refractivity contribution in [1.29, 1.82) is 0 Å². The largest absolute Gasteiger partial charge is 2.00 e. The maximum Gasteiger partial charge on any atom is 2.00 e. The van der Waals surface area contributed by atoms with Gasteiger partial charge < -0.3 is 15.0 Å². The third-order valence-electron chi connectivity index (χ3n) is 13.4. The van der Waals surface area contributed by atoms with Crippen molar-refractivity contribution in [2.75, 3.05) is 0 Å². The van der Waals surface area contributed by atoms with E-state index in [9.17, 15) is 5.48 Å². The Bertz CT molecular complexity index is 4750. The summed E-state index contributed by atoms with van der Waals surface area (Å²) in [5, 5.41) is 9.47. The molecule has 0 saturated carbocycles. The fourth-order valence-corrected chi connectivity index (χ4v) is 10.3. The second-order valence-corrected chi connectivity index (χ2v) is 17.2. The van der Waals surface area contributed by atoms with E-state index in [-0.39, 0.29) is 66.0 Å². The summed E-state index contributed by atoms with van der Waals surface area (Å²) in [6, 6.07) is 44.4. The van der Waals surface area contributed by atoms with E-state index in [1.54, 1.807) is 0 Å². The third-order valence-corrected chi connectivity index (χ3v) is 13.4. The second-order valence-electron chi connectivity index (χ2n) is 17.2. The molecule has 0 spiro atoms. The van der Waals surface area contributed by atoms with Crippen LogP contribution in [0.2, 0.25) is 0 Å². The van der Waals surface area contributed by atoms with Crippen molar-refractivity contribution in [3.05, 3.63) is 212 Å². The summed E-state index contributed by atoms with van der Waals surface area (Å²) in [6.07, 6.45) is 0. The smallest absolute Gasteiger partial charge is 0.656 e. The fourth-order valence-electron chi connectivity index (χ4n) is 10.3. The van der Waals surface area contributed by atoms with E-state index < -0.39 is 60.4 Å². The van der Waals surface area contributed by atoms with Gasteiger partial charge in [0.1, 0.15) is 0 Å². The molecule has 0 fully saturated rings. The first kappa shape index (κ1) is 30.7. The van der Waals surface area contributed by atoms with Crippen molar-refractivity contribution < 1.29 is 34.8 Å². The minimum absolute atomic E-state index is 0. The fraction of sp³-hybridized carbons (Fsp3) is 0. The first-order chi connectivity index (χ1) is 37.8. The molecular weight excluding hydrogens is 1020 g/mol. The number of nitrogens with zero attached hydrogens (tertiary/aromatic N) is 5. The number of hydrogen-bond donors (Lipinski definition) is 0. The van der Waals surface area contributed by atoms with E-state index in [1.165, 1.54) is 0 Å². The van der Waals surface area contributed by atoms with E-state index in [0.717, 1.165) is 43.1 Å². The van der Waals surface area contributed by atoms with Crippen LogP contribution in [0.15, 0.2) is 212 Å². The predicted molar refractivity (Wildman–Crippen MR) is 282 cm³/mol. The summed E-state index contributed by atoms with van der Waals surface area (Å²) in [5.41, 5.74) is 4.97. The Kier molecular flexibility index (Phi) is 6.79. The first-order valence-electron chi connectivity index (χ1n) is 27.2. The monoisotopic (exact) mass is 1070 g/mol. The van der Waals surface area contributed by atoms with Crippen LogP contribution in [-0.4, -0.2) is 15.0 Å². The molecule has 322 valence electrons. The summed E-state index contributed by atoms with van der Waals surface area (Å²) >= 11 is 0. The predicted octanol–water partition coefficient (Wildman–Crippen LogP) is 15.9. The molecule has 0 N–H and O–H groups in total. The molecule has 0 amide bonds. The molecule has 6 heteroatoms. The van der Waals surface area contributed by atoms with E-state index >= 15 is 0 Å². The van der Waals surface area contributed by atoms with Gasteiger partial charge in [-0.3, -0.25) is 4.98 Å². The molecule has 69 heavy (non-hydrogen) atoms. The van der Waals surface area contributed by atoms with Crippen molar-refractivity contribution >= 4 is 86.8 Å². The molecule has 15 rings (SSSR count). The van der Waals surface area contributed by atoms with Crippen molar-refractivity contribution in [3.63, 3.8) is 0 Å². The van der Waals surface area contributed by atoms with Gasteiger partial charge in [-0.1, -0.05) is 157 Å². The van der Waals surface area contributed by atoms with E-state index in [1.807, 2.05) is 152 Å². The van der Waals surface area contributed by atoms with Gasteiger partial charge in [0.2, 0.25) is 0 Å². The Morgan fingerprint density at radius 3 is 1.30 bits per heavy atom. The molecule has 0 saturated heterocycles. The van der Waals surface area contributed by atoms with Crippen LogP contribution in [0.4, 0.5) is 0 Å². The van der Waals surface area contributed by atoms with Crippen LogP contribution < -0.4 is 9.97 Å². The van der Waals surface area contributed by atoms with Crippen LogP contribution in [0.5, 0.6) is 0 Å². The van der Waals surface area contributed by atoms with Crippen LogP contribution in [0.3, 0.4) is 0 Å². The zero-order valence-corrected chi connectivity index (χ0v) is 38.3. The van der Waals surface area contributed by atoms with Crippen molar-refractivity contribution in [2.24, 2.45) is 0 Å². The van der Waals surface area contributed by atoms with Crippen molar-refractivity contribution in [3.8, 4) is 67.4 Å². The molecule has 5 nitrogen and oxygen atoms in total. The maximum atomic E-state index is 9.61. The van der Waals surface area contributed by atoms with Crippen LogP contribution in [0, 0.1) is 0 Å². The Morgan fingerprint density at radius 2 is 0.768 bits per heavy atom. The summed E-state index contributed by atoms with van der Waals surface area (Å²) < 4.78 is 92.0. The molecule has 13 aromatic rings. The zero-order valence-electron chi connectivity index (χ0n) is 46.0. The Labute approximate surface area is 424 Å². The first-order valence-corrected chi connectivity index (χ1v) is 22.2. The minimum Gasteiger partial charge on any atom is -0.656 e. The van der Waals surface area contributed by atoms with E-state index in [4.69, 9.17) is 33.1 Å². The summed E-state index contributed by atoms with van der Waals surface area (Å²) in [5.74, 6) is 0.213. The summed E-state index contributed by atoms with van der Waals surface area (Å²) in [7, 11) is 0. The number of benzene rings is 10. The average molecular weight is 1070 g/mol. The van der Waals surface area contributed by atoms with Crippen LogP contribution in [0.25, 0.3) is 154 Å².